The van der Waals surface area contributed by atoms with E-state index in [-0.39, 0.29) is 11.7 Å². The van der Waals surface area contributed by atoms with Gasteiger partial charge in [-0.25, -0.2) is 9.48 Å². The van der Waals surface area contributed by atoms with Crippen LogP contribution in [0, 0.1) is 5.92 Å². The quantitative estimate of drug-likeness (QED) is 0.903. The Morgan fingerprint density at radius 2 is 1.83 bits per heavy atom. The molecule has 1 aromatic rings. The molecule has 0 spiro atoms. The fraction of sp³-hybridized carbons (Fsp3) is 0.824. The van der Waals surface area contributed by atoms with Crippen LogP contribution in [0.1, 0.15) is 62.7 Å². The van der Waals surface area contributed by atoms with Gasteiger partial charge in [0.05, 0.1) is 6.04 Å². The topological polar surface area (TPSA) is 71.0 Å². The lowest BCUT2D eigenvalue weighted by Gasteiger charge is -2.33. The standard InChI is InChI=1S/C17H26N4O2S/c22-15(11-12-5-9-24-10-6-12)20-7-3-14(4-8-20)21-17(23)18-16(19-21)13-1-2-13/h12-14H,1-11H2,(H,18,19,23). The minimum Gasteiger partial charge on any atom is -0.343 e. The summed E-state index contributed by atoms with van der Waals surface area (Å²) in [5.74, 6) is 4.60. The molecule has 3 fully saturated rings. The van der Waals surface area contributed by atoms with E-state index in [1.165, 1.54) is 24.3 Å². The Morgan fingerprint density at radius 1 is 1.12 bits per heavy atom. The molecule has 3 aliphatic rings. The van der Waals surface area contributed by atoms with Crippen LogP contribution in [-0.2, 0) is 4.79 Å². The molecule has 132 valence electrons. The van der Waals surface area contributed by atoms with Crippen LogP contribution in [0.5, 0.6) is 0 Å². The summed E-state index contributed by atoms with van der Waals surface area (Å²) in [6.07, 6.45) is 7.01. The third kappa shape index (κ3) is 3.55. The summed E-state index contributed by atoms with van der Waals surface area (Å²) < 4.78 is 1.63. The zero-order chi connectivity index (χ0) is 16.5. The molecule has 6 nitrogen and oxygen atoms in total. The molecule has 2 aliphatic heterocycles. The molecule has 1 saturated carbocycles. The van der Waals surface area contributed by atoms with Gasteiger partial charge < -0.3 is 4.90 Å². The molecule has 7 heteroatoms. The zero-order valence-electron chi connectivity index (χ0n) is 14.1. The maximum Gasteiger partial charge on any atom is 0.343 e. The first-order valence-electron chi connectivity index (χ1n) is 9.25. The number of carbonyl (C=O) groups excluding carboxylic acids is 1. The number of thioether (sulfide) groups is 1. The van der Waals surface area contributed by atoms with Gasteiger partial charge in [-0.3, -0.25) is 9.78 Å². The Kier molecular flexibility index (Phi) is 4.70. The van der Waals surface area contributed by atoms with Crippen LogP contribution < -0.4 is 5.69 Å². The predicted octanol–water partition coefficient (Wildman–Crippen LogP) is 2.15. The molecule has 1 aromatic heterocycles. The molecule has 1 amide bonds. The molecule has 1 N–H and O–H groups in total. The minimum absolute atomic E-state index is 0.0821. The largest absolute Gasteiger partial charge is 0.343 e. The van der Waals surface area contributed by atoms with E-state index in [0.29, 0.717) is 24.2 Å². The van der Waals surface area contributed by atoms with Gasteiger partial charge in [0.2, 0.25) is 5.91 Å². The number of carbonyl (C=O) groups is 1. The highest BCUT2D eigenvalue weighted by atomic mass is 32.2. The van der Waals surface area contributed by atoms with Crippen LogP contribution in [0.25, 0.3) is 0 Å². The fourth-order valence-corrected chi connectivity index (χ4v) is 5.03. The second-order valence-electron chi connectivity index (χ2n) is 7.41. The Hall–Kier alpha value is -1.24. The smallest absolute Gasteiger partial charge is 0.343 e. The fourth-order valence-electron chi connectivity index (χ4n) is 3.83. The van der Waals surface area contributed by atoms with Crippen molar-refractivity contribution in [1.29, 1.82) is 0 Å². The van der Waals surface area contributed by atoms with Gasteiger partial charge in [-0.2, -0.15) is 16.9 Å². The second kappa shape index (κ2) is 6.94. The third-order valence-electron chi connectivity index (χ3n) is 5.59. The van der Waals surface area contributed by atoms with Crippen molar-refractivity contribution in [3.63, 3.8) is 0 Å². The van der Waals surface area contributed by atoms with E-state index in [1.807, 2.05) is 16.7 Å². The lowest BCUT2D eigenvalue weighted by molar-refractivity contribution is -0.133. The van der Waals surface area contributed by atoms with Crippen LogP contribution >= 0.6 is 11.8 Å². The highest BCUT2D eigenvalue weighted by Crippen LogP contribution is 2.37. The van der Waals surface area contributed by atoms with E-state index in [1.54, 1.807) is 4.68 Å². The number of rotatable bonds is 4. The van der Waals surface area contributed by atoms with Crippen molar-refractivity contribution in [1.82, 2.24) is 19.7 Å². The molecule has 3 heterocycles. The summed E-state index contributed by atoms with van der Waals surface area (Å²) in [6, 6.07) is 0.136. The van der Waals surface area contributed by atoms with Crippen LogP contribution in [0.3, 0.4) is 0 Å². The first-order valence-corrected chi connectivity index (χ1v) is 10.4. The number of nitrogens with zero attached hydrogens (tertiary/aromatic N) is 3. The number of nitrogens with one attached hydrogen (secondary N) is 1. The van der Waals surface area contributed by atoms with E-state index < -0.39 is 0 Å². The summed E-state index contributed by atoms with van der Waals surface area (Å²) in [6.45, 7) is 1.51. The first-order chi connectivity index (χ1) is 11.7. The molecule has 24 heavy (non-hydrogen) atoms. The van der Waals surface area contributed by atoms with Crippen molar-refractivity contribution in [3.05, 3.63) is 16.3 Å². The van der Waals surface area contributed by atoms with Crippen LogP contribution in [0.2, 0.25) is 0 Å². The average molecular weight is 350 g/mol. The summed E-state index contributed by atoms with van der Waals surface area (Å²) in [5, 5.41) is 4.50. The van der Waals surface area contributed by atoms with Gasteiger partial charge >= 0.3 is 5.69 Å². The van der Waals surface area contributed by atoms with Gasteiger partial charge in [-0.1, -0.05) is 0 Å². The van der Waals surface area contributed by atoms with Crippen LogP contribution in [0.4, 0.5) is 0 Å². The molecule has 0 atom stereocenters. The Balaban J connectivity index is 1.31. The van der Waals surface area contributed by atoms with Crippen molar-refractivity contribution in [2.75, 3.05) is 24.6 Å². The van der Waals surface area contributed by atoms with Gasteiger partial charge in [0, 0.05) is 25.4 Å². The number of aromatic nitrogens is 3. The van der Waals surface area contributed by atoms with Gasteiger partial charge in [-0.15, -0.1) is 0 Å². The lowest BCUT2D eigenvalue weighted by atomic mass is 9.97. The van der Waals surface area contributed by atoms with Crippen LogP contribution in [0.15, 0.2) is 4.79 Å². The summed E-state index contributed by atoms with van der Waals surface area (Å²) in [4.78, 5) is 29.5. The molecular weight excluding hydrogens is 324 g/mol. The van der Waals surface area contributed by atoms with E-state index in [2.05, 4.69) is 10.1 Å². The molecule has 0 bridgehead atoms. The van der Waals surface area contributed by atoms with Crippen molar-refractivity contribution in [3.8, 4) is 0 Å². The molecule has 2 saturated heterocycles. The predicted molar refractivity (Wildman–Crippen MR) is 94.3 cm³/mol. The number of hydrogen-bond donors (Lipinski definition) is 1. The molecule has 1 aliphatic carbocycles. The second-order valence-corrected chi connectivity index (χ2v) is 8.63. The Labute approximate surface area is 146 Å². The number of piperidine rings is 1. The van der Waals surface area contributed by atoms with E-state index in [4.69, 9.17) is 0 Å². The Bertz CT molecular complexity index is 637. The van der Waals surface area contributed by atoms with Crippen molar-refractivity contribution < 1.29 is 4.79 Å². The molecule has 0 aromatic carbocycles. The Morgan fingerprint density at radius 3 is 2.50 bits per heavy atom. The van der Waals surface area contributed by atoms with Crippen molar-refractivity contribution >= 4 is 17.7 Å². The van der Waals surface area contributed by atoms with Crippen LogP contribution in [-0.4, -0.2) is 50.2 Å². The molecule has 4 rings (SSSR count). The monoisotopic (exact) mass is 350 g/mol. The SMILES string of the molecule is O=C(CC1CCSCC1)N1CCC(n2nc(C3CC3)[nH]c2=O)CC1. The van der Waals surface area contributed by atoms with Gasteiger partial charge in [-0.05, 0) is 55.9 Å². The highest BCUT2D eigenvalue weighted by molar-refractivity contribution is 7.99. The molecular formula is C17H26N4O2S. The number of likely N-dealkylation sites (tertiary alicyclic amines) is 1. The van der Waals surface area contributed by atoms with E-state index >= 15 is 0 Å². The number of aromatic amines is 1. The van der Waals surface area contributed by atoms with Gasteiger partial charge in [0.15, 0.2) is 0 Å². The van der Waals surface area contributed by atoms with Gasteiger partial charge in [0.1, 0.15) is 5.82 Å². The summed E-state index contributed by atoms with van der Waals surface area (Å²) >= 11 is 2.00. The van der Waals surface area contributed by atoms with Crippen molar-refractivity contribution in [2.24, 2.45) is 5.92 Å². The molecule has 0 radical (unpaired) electrons. The molecule has 0 unspecified atom stereocenters. The number of H-pyrrole nitrogens is 1. The maximum absolute atomic E-state index is 12.5. The van der Waals surface area contributed by atoms with Gasteiger partial charge in [0.25, 0.3) is 0 Å². The summed E-state index contributed by atoms with van der Waals surface area (Å²) in [5.41, 5.74) is -0.0821. The third-order valence-corrected chi connectivity index (χ3v) is 6.64. The zero-order valence-corrected chi connectivity index (χ0v) is 14.9. The van der Waals surface area contributed by atoms with E-state index in [0.717, 1.165) is 44.6 Å². The average Bonchev–Trinajstić information content (AvgIpc) is 3.38. The first kappa shape index (κ1) is 16.2. The van der Waals surface area contributed by atoms with E-state index in [9.17, 15) is 9.59 Å². The minimum atomic E-state index is -0.0821. The summed E-state index contributed by atoms with van der Waals surface area (Å²) in [7, 11) is 0. The normalized spacial score (nSPS) is 23.6. The number of amides is 1. The number of hydrogen-bond acceptors (Lipinski definition) is 4. The maximum atomic E-state index is 12.5. The van der Waals surface area contributed by atoms with Crippen molar-refractivity contribution in [2.45, 2.75) is 56.9 Å². The lowest BCUT2D eigenvalue weighted by Crippen LogP contribution is -2.41. The highest BCUT2D eigenvalue weighted by Gasteiger charge is 2.31.